The van der Waals surface area contributed by atoms with E-state index in [1.807, 2.05) is 60.7 Å². The van der Waals surface area contributed by atoms with Crippen molar-refractivity contribution < 1.29 is 18.9 Å². The fraction of sp³-hybridized carbons (Fsp3) is 0.174. The summed E-state index contributed by atoms with van der Waals surface area (Å²) in [4.78, 5) is 65.9. The minimum atomic E-state index is -1.34. The molecule has 0 bridgehead atoms. The summed E-state index contributed by atoms with van der Waals surface area (Å²) < 4.78 is 19.9. The Balaban J connectivity index is 0.000000157. The molecule has 6 heterocycles. The Labute approximate surface area is 394 Å². The largest absolute Gasteiger partial charge is 0.488 e. The van der Waals surface area contributed by atoms with Crippen LogP contribution in [0.5, 0.6) is 0 Å². The van der Waals surface area contributed by atoms with Crippen molar-refractivity contribution in [3.63, 3.8) is 0 Å². The van der Waals surface area contributed by atoms with E-state index in [9.17, 15) is 19.2 Å². The number of nitrogens with zero attached hydrogens (tertiary/aromatic N) is 12. The van der Waals surface area contributed by atoms with Crippen molar-refractivity contribution in [2.24, 2.45) is 14.1 Å². The molecule has 0 fully saturated rings. The molecule has 22 heteroatoms. The summed E-state index contributed by atoms with van der Waals surface area (Å²) in [5.74, 6) is -0.797. The van der Waals surface area contributed by atoms with Gasteiger partial charge in [0.15, 0.2) is 22.3 Å². The van der Waals surface area contributed by atoms with E-state index in [4.69, 9.17) is 18.9 Å². The maximum Gasteiger partial charge on any atom is 0.488 e. The van der Waals surface area contributed by atoms with Crippen LogP contribution in [0.25, 0.3) is 33.5 Å². The fourth-order valence-electron chi connectivity index (χ4n) is 7.01. The first-order chi connectivity index (χ1) is 32.9. The molecule has 0 saturated carbocycles. The van der Waals surface area contributed by atoms with E-state index in [0.717, 1.165) is 26.7 Å². The van der Waals surface area contributed by atoms with Crippen molar-refractivity contribution in [1.82, 2.24) is 57.8 Å². The number of imidazole rings is 2. The molecule has 10 rings (SSSR count). The predicted octanol–water partition coefficient (Wildman–Crippen LogP) is 2.94. The predicted molar refractivity (Wildman–Crippen MR) is 255 cm³/mol. The number of halogens is 1. The lowest BCUT2D eigenvalue weighted by molar-refractivity contribution is 0.425. The van der Waals surface area contributed by atoms with Crippen molar-refractivity contribution in [2.75, 3.05) is 0 Å². The molecule has 68 heavy (non-hydrogen) atoms. The summed E-state index contributed by atoms with van der Waals surface area (Å²) in [6, 6.07) is 34.9. The average molecular weight is 982 g/mol. The molecule has 10 aromatic rings. The third kappa shape index (κ3) is 11.1. The standard InChI is InChI=1S/C23H20N6O3.C17H15BrN6O3.C6H7BO2/c1-27-14-24-21-20(27)22(30)28(15-25-21)13-19-26-29(23(31)32-19)12-11-16-7-9-18(10-8-16)17-5-3-2-4-6-17;1-22-9-19-15-14(22)16(25)23(10-20-15)8-13-21-24(17(26)27-13)7-6-11-2-4-12(18)5-3-11;8-7(9)6-4-2-1-3-5-6/h2-10,14-15H,11-13H2,1H3;2-5,9-10H,6-8H2,1H3;1-5,8-9H. The SMILES string of the molecule is Cn1cnc2ncn(Cc3nn(CCc4ccc(-c5ccccc5)cc4)c(=O)o3)c(=O)c21.Cn1cnc2ncn(Cc3nn(CCc4ccc(Br)cc4)c(=O)o3)c(=O)c21.OB(O)c1ccccc1. The van der Waals surface area contributed by atoms with Crippen molar-refractivity contribution in [3.8, 4) is 11.1 Å². The Morgan fingerprint density at radius 2 is 0.956 bits per heavy atom. The highest BCUT2D eigenvalue weighted by atomic mass is 79.9. The number of fused-ring (bicyclic) bond motifs is 2. The van der Waals surface area contributed by atoms with Gasteiger partial charge in [-0.2, -0.15) is 9.36 Å². The van der Waals surface area contributed by atoms with E-state index < -0.39 is 18.6 Å². The smallest absolute Gasteiger partial charge is 0.423 e. The Morgan fingerprint density at radius 1 is 0.544 bits per heavy atom. The number of aryl methyl sites for hydroxylation is 6. The molecule has 0 aliphatic carbocycles. The first-order valence-corrected chi connectivity index (χ1v) is 21.9. The van der Waals surface area contributed by atoms with Gasteiger partial charge >= 0.3 is 18.6 Å². The number of hydrogen-bond donors (Lipinski definition) is 2. The molecule has 0 saturated heterocycles. The molecule has 20 nitrogen and oxygen atoms in total. The normalized spacial score (nSPS) is 11.0. The zero-order chi connectivity index (χ0) is 47.7. The van der Waals surface area contributed by atoms with E-state index >= 15 is 0 Å². The molecule has 0 aliphatic heterocycles. The van der Waals surface area contributed by atoms with E-state index in [-0.39, 0.29) is 36.0 Å². The van der Waals surface area contributed by atoms with Crippen LogP contribution in [0.1, 0.15) is 22.9 Å². The van der Waals surface area contributed by atoms with Crippen LogP contribution in [-0.2, 0) is 53.1 Å². The Bertz CT molecular complexity index is 3520. The molecule has 6 aromatic heterocycles. The van der Waals surface area contributed by atoms with Crippen LogP contribution < -0.4 is 28.1 Å². The second kappa shape index (κ2) is 21.0. The van der Waals surface area contributed by atoms with E-state index in [1.165, 1.54) is 43.8 Å². The van der Waals surface area contributed by atoms with Crippen LogP contribution in [0.3, 0.4) is 0 Å². The first-order valence-electron chi connectivity index (χ1n) is 21.1. The second-order valence-electron chi connectivity index (χ2n) is 15.4. The molecule has 0 amide bonds. The van der Waals surface area contributed by atoms with Gasteiger partial charge in [-0.05, 0) is 52.7 Å². The number of benzene rings is 4. The molecule has 2 N–H and O–H groups in total. The van der Waals surface area contributed by atoms with Gasteiger partial charge in [0.25, 0.3) is 11.1 Å². The Morgan fingerprint density at radius 3 is 1.40 bits per heavy atom. The molecule has 0 atom stereocenters. The fourth-order valence-corrected chi connectivity index (χ4v) is 7.27. The average Bonchev–Trinajstić information content (AvgIpc) is 4.13. The van der Waals surface area contributed by atoms with Crippen LogP contribution in [-0.4, -0.2) is 74.9 Å². The summed E-state index contributed by atoms with van der Waals surface area (Å²) in [7, 11) is 2.11. The Kier molecular flexibility index (Phi) is 14.4. The maximum atomic E-state index is 12.7. The molecule has 4 aromatic carbocycles. The third-order valence-corrected chi connectivity index (χ3v) is 11.1. The maximum absolute atomic E-state index is 12.7. The lowest BCUT2D eigenvalue weighted by atomic mass is 9.81. The van der Waals surface area contributed by atoms with Gasteiger partial charge in [0, 0.05) is 18.6 Å². The lowest BCUT2D eigenvalue weighted by Crippen LogP contribution is -2.29. The molecule has 0 aliphatic rings. The van der Waals surface area contributed by atoms with Crippen LogP contribution in [0.2, 0.25) is 0 Å². The zero-order valence-corrected chi connectivity index (χ0v) is 38.2. The molecular weight excluding hydrogens is 939 g/mol. The van der Waals surface area contributed by atoms with Crippen molar-refractivity contribution >= 4 is 50.8 Å². The van der Waals surface area contributed by atoms with Crippen molar-refractivity contribution in [2.45, 2.75) is 39.0 Å². The highest BCUT2D eigenvalue weighted by Crippen LogP contribution is 2.19. The summed E-state index contributed by atoms with van der Waals surface area (Å²) in [5, 5.41) is 25.6. The van der Waals surface area contributed by atoms with Crippen LogP contribution in [0.15, 0.2) is 167 Å². The summed E-state index contributed by atoms with van der Waals surface area (Å²) in [6.45, 7) is 0.799. The second-order valence-corrected chi connectivity index (χ2v) is 16.3. The topological polar surface area (TPSA) is 242 Å². The third-order valence-electron chi connectivity index (χ3n) is 10.6. The van der Waals surface area contributed by atoms with Gasteiger partial charge in [-0.15, -0.1) is 10.2 Å². The molecule has 0 unspecified atom stereocenters. The number of hydrogen-bond acceptors (Lipinski definition) is 14. The van der Waals surface area contributed by atoms with Gasteiger partial charge < -0.3 is 28.0 Å². The van der Waals surface area contributed by atoms with Gasteiger partial charge in [-0.25, -0.2) is 29.5 Å². The Hall–Kier alpha value is -8.08. The monoisotopic (exact) mass is 980 g/mol. The number of aromatic nitrogens is 12. The molecule has 0 radical (unpaired) electrons. The van der Waals surface area contributed by atoms with E-state index in [0.29, 0.717) is 53.7 Å². The van der Waals surface area contributed by atoms with Gasteiger partial charge in [-0.1, -0.05) is 113 Å². The first kappa shape index (κ1) is 46.5. The van der Waals surface area contributed by atoms with E-state index in [1.54, 1.807) is 47.5 Å². The van der Waals surface area contributed by atoms with Gasteiger partial charge in [0.2, 0.25) is 11.8 Å². The summed E-state index contributed by atoms with van der Waals surface area (Å²) in [6.07, 6.45) is 7.08. The highest BCUT2D eigenvalue weighted by molar-refractivity contribution is 9.10. The van der Waals surface area contributed by atoms with Crippen molar-refractivity contribution in [1.29, 1.82) is 0 Å². The number of rotatable bonds is 12. The van der Waals surface area contributed by atoms with Gasteiger partial charge in [-0.3, -0.25) is 18.7 Å². The van der Waals surface area contributed by atoms with Crippen LogP contribution in [0, 0.1) is 0 Å². The highest BCUT2D eigenvalue weighted by Gasteiger charge is 2.16. The molecule has 344 valence electrons. The van der Waals surface area contributed by atoms with Crippen molar-refractivity contribution in [3.05, 3.63) is 204 Å². The van der Waals surface area contributed by atoms with Gasteiger partial charge in [0.05, 0.1) is 25.7 Å². The lowest BCUT2D eigenvalue weighted by Gasteiger charge is -2.04. The minimum absolute atomic E-state index is 0.0148. The van der Waals surface area contributed by atoms with Crippen LogP contribution >= 0.6 is 15.9 Å². The zero-order valence-electron chi connectivity index (χ0n) is 36.6. The summed E-state index contributed by atoms with van der Waals surface area (Å²) >= 11 is 3.39. The molecular formula is C46H42BBrN12O8. The van der Waals surface area contributed by atoms with Gasteiger partial charge in [0.1, 0.15) is 25.7 Å². The molecule has 0 spiro atoms. The quantitative estimate of drug-likeness (QED) is 0.167. The van der Waals surface area contributed by atoms with Crippen LogP contribution in [0.4, 0.5) is 0 Å². The summed E-state index contributed by atoms with van der Waals surface area (Å²) in [5.41, 5.74) is 5.96. The minimum Gasteiger partial charge on any atom is -0.423 e. The van der Waals surface area contributed by atoms with E-state index in [2.05, 4.69) is 70.3 Å².